The van der Waals surface area contributed by atoms with E-state index in [4.69, 9.17) is 4.74 Å². The molecule has 0 radical (unpaired) electrons. The standard InChI is InChI=1S/C26H33N7O2S/c1-18-14-22(30-25(29-18)35-21-6-4-3-5-7-21)23-16-28-26(36-23)31-24-9-8-20(15-27-24)17-32-10-12-33(13-11-32)19(2)34/h8-9,14-16,21H,3-7,10-13,17H2,1-2H3,(H,27,28,31). The van der Waals surface area contributed by atoms with Crippen molar-refractivity contribution >= 4 is 28.2 Å². The van der Waals surface area contributed by atoms with Crippen molar-refractivity contribution in [1.82, 2.24) is 29.7 Å². The third-order valence-corrected chi connectivity index (χ3v) is 7.63. The van der Waals surface area contributed by atoms with Gasteiger partial charge in [0, 0.05) is 57.7 Å². The number of nitrogens with zero attached hydrogens (tertiary/aromatic N) is 6. The van der Waals surface area contributed by atoms with Gasteiger partial charge in [0.2, 0.25) is 5.91 Å². The zero-order valence-corrected chi connectivity index (χ0v) is 21.8. The number of rotatable bonds is 7. The van der Waals surface area contributed by atoms with Gasteiger partial charge in [0.15, 0.2) is 5.13 Å². The summed E-state index contributed by atoms with van der Waals surface area (Å²) in [6, 6.07) is 6.49. The Kier molecular flexibility index (Phi) is 7.72. The number of aryl methyl sites for hydroxylation is 1. The van der Waals surface area contributed by atoms with Crippen LogP contribution in [0.1, 0.15) is 50.3 Å². The summed E-state index contributed by atoms with van der Waals surface area (Å²) in [6.07, 6.45) is 9.79. The molecule has 0 atom stereocenters. The summed E-state index contributed by atoms with van der Waals surface area (Å²) in [7, 11) is 0. The van der Waals surface area contributed by atoms with Crippen LogP contribution in [0.2, 0.25) is 0 Å². The Morgan fingerprint density at radius 3 is 2.61 bits per heavy atom. The molecule has 0 spiro atoms. The van der Waals surface area contributed by atoms with Crippen LogP contribution in [-0.4, -0.2) is 67.9 Å². The predicted molar refractivity (Wildman–Crippen MR) is 140 cm³/mol. The first-order valence-electron chi connectivity index (χ1n) is 12.7. The van der Waals surface area contributed by atoms with Crippen molar-refractivity contribution in [3.05, 3.63) is 41.9 Å². The first kappa shape index (κ1) is 24.6. The molecule has 10 heteroatoms. The number of piperazine rings is 1. The molecular formula is C26H33N7O2S. The van der Waals surface area contributed by atoms with Crippen LogP contribution in [0.15, 0.2) is 30.6 Å². The lowest BCUT2D eigenvalue weighted by atomic mass is 9.98. The van der Waals surface area contributed by atoms with Crippen LogP contribution in [0.25, 0.3) is 10.6 Å². The van der Waals surface area contributed by atoms with Crippen LogP contribution in [0.3, 0.4) is 0 Å². The molecule has 3 aromatic heterocycles. The van der Waals surface area contributed by atoms with E-state index in [0.29, 0.717) is 6.01 Å². The molecule has 1 N–H and O–H groups in total. The number of hydrogen-bond donors (Lipinski definition) is 1. The van der Waals surface area contributed by atoms with E-state index in [1.807, 2.05) is 36.4 Å². The van der Waals surface area contributed by atoms with Crippen LogP contribution < -0.4 is 10.1 Å². The maximum Gasteiger partial charge on any atom is 0.317 e. The van der Waals surface area contributed by atoms with Crippen molar-refractivity contribution in [2.45, 2.75) is 58.6 Å². The third kappa shape index (κ3) is 6.36. The van der Waals surface area contributed by atoms with Crippen molar-refractivity contribution in [3.8, 4) is 16.6 Å². The van der Waals surface area contributed by atoms with E-state index in [1.165, 1.54) is 30.6 Å². The summed E-state index contributed by atoms with van der Waals surface area (Å²) in [4.78, 5) is 35.0. The monoisotopic (exact) mass is 507 g/mol. The molecule has 1 aliphatic heterocycles. The van der Waals surface area contributed by atoms with Gasteiger partial charge in [0.1, 0.15) is 11.9 Å². The van der Waals surface area contributed by atoms with Gasteiger partial charge in [0.05, 0.1) is 10.6 Å². The van der Waals surface area contributed by atoms with E-state index in [1.54, 1.807) is 6.92 Å². The fourth-order valence-electron chi connectivity index (χ4n) is 4.68. The number of nitrogens with one attached hydrogen (secondary N) is 1. The van der Waals surface area contributed by atoms with Crippen LogP contribution in [0.5, 0.6) is 6.01 Å². The lowest BCUT2D eigenvalue weighted by molar-refractivity contribution is -0.130. The molecule has 2 aliphatic rings. The van der Waals surface area contributed by atoms with E-state index >= 15 is 0 Å². The molecule has 36 heavy (non-hydrogen) atoms. The van der Waals surface area contributed by atoms with Crippen LogP contribution >= 0.6 is 11.3 Å². The predicted octanol–water partition coefficient (Wildman–Crippen LogP) is 4.42. The molecule has 1 saturated heterocycles. The zero-order valence-electron chi connectivity index (χ0n) is 20.9. The summed E-state index contributed by atoms with van der Waals surface area (Å²) < 4.78 is 6.10. The minimum atomic E-state index is 0.153. The van der Waals surface area contributed by atoms with Crippen LogP contribution in [-0.2, 0) is 11.3 Å². The number of amides is 1. The molecule has 1 amide bonds. The SMILES string of the molecule is CC(=O)N1CCN(Cc2ccc(Nc3ncc(-c4cc(C)nc(OC5CCCCC5)n4)s3)nc2)CC1. The second-order valence-corrected chi connectivity index (χ2v) is 10.6. The Labute approximate surface area is 216 Å². The number of carbonyl (C=O) groups excluding carboxylic acids is 1. The molecule has 190 valence electrons. The second kappa shape index (κ2) is 11.3. The fraction of sp³-hybridized carbons (Fsp3) is 0.500. The van der Waals surface area contributed by atoms with E-state index in [0.717, 1.165) is 78.3 Å². The fourth-order valence-corrected chi connectivity index (χ4v) is 5.47. The van der Waals surface area contributed by atoms with Gasteiger partial charge in [-0.2, -0.15) is 4.98 Å². The Hall–Kier alpha value is -3.11. The first-order valence-corrected chi connectivity index (χ1v) is 13.5. The van der Waals surface area contributed by atoms with E-state index in [2.05, 4.69) is 36.2 Å². The van der Waals surface area contributed by atoms with Crippen LogP contribution in [0.4, 0.5) is 10.9 Å². The number of thiazole rings is 1. The number of hydrogen-bond acceptors (Lipinski definition) is 9. The second-order valence-electron chi connectivity index (χ2n) is 9.54. The van der Waals surface area contributed by atoms with Gasteiger partial charge < -0.3 is 15.0 Å². The Bertz CT molecular complexity index is 1170. The van der Waals surface area contributed by atoms with E-state index in [9.17, 15) is 4.79 Å². The lowest BCUT2D eigenvalue weighted by Gasteiger charge is -2.34. The minimum Gasteiger partial charge on any atom is -0.460 e. The topological polar surface area (TPSA) is 96.4 Å². The average Bonchev–Trinajstić information content (AvgIpc) is 3.34. The number of aromatic nitrogens is 4. The van der Waals surface area contributed by atoms with E-state index in [-0.39, 0.29) is 12.0 Å². The molecule has 0 aromatic carbocycles. The van der Waals surface area contributed by atoms with E-state index < -0.39 is 0 Å². The van der Waals surface area contributed by atoms with Gasteiger partial charge in [-0.1, -0.05) is 23.8 Å². The summed E-state index contributed by atoms with van der Waals surface area (Å²) >= 11 is 1.53. The summed E-state index contributed by atoms with van der Waals surface area (Å²) in [5.74, 6) is 0.904. The van der Waals surface area contributed by atoms with Crippen molar-refractivity contribution in [3.63, 3.8) is 0 Å². The third-order valence-electron chi connectivity index (χ3n) is 6.70. The summed E-state index contributed by atoms with van der Waals surface area (Å²) in [5.41, 5.74) is 2.86. The van der Waals surface area contributed by atoms with Gasteiger partial charge >= 0.3 is 6.01 Å². The van der Waals surface area contributed by atoms with Gasteiger partial charge in [-0.25, -0.2) is 15.0 Å². The van der Waals surface area contributed by atoms with Gasteiger partial charge in [-0.3, -0.25) is 9.69 Å². The minimum absolute atomic E-state index is 0.153. The van der Waals surface area contributed by atoms with Crippen molar-refractivity contribution < 1.29 is 9.53 Å². The molecule has 0 bridgehead atoms. The molecule has 4 heterocycles. The Morgan fingerprint density at radius 2 is 1.89 bits per heavy atom. The molecule has 2 fully saturated rings. The number of carbonyl (C=O) groups is 1. The quantitative estimate of drug-likeness (QED) is 0.502. The Balaban J connectivity index is 1.18. The molecule has 9 nitrogen and oxygen atoms in total. The lowest BCUT2D eigenvalue weighted by Crippen LogP contribution is -2.47. The summed E-state index contributed by atoms with van der Waals surface area (Å²) in [5, 5.41) is 4.06. The van der Waals surface area contributed by atoms with Crippen molar-refractivity contribution in [1.29, 1.82) is 0 Å². The molecule has 1 aliphatic carbocycles. The van der Waals surface area contributed by atoms with Crippen molar-refractivity contribution in [2.75, 3.05) is 31.5 Å². The van der Waals surface area contributed by atoms with Gasteiger partial charge in [-0.15, -0.1) is 0 Å². The highest BCUT2D eigenvalue weighted by molar-refractivity contribution is 7.18. The Morgan fingerprint density at radius 1 is 1.08 bits per heavy atom. The number of anilines is 2. The number of pyridine rings is 1. The summed E-state index contributed by atoms with van der Waals surface area (Å²) in [6.45, 7) is 7.78. The molecular weight excluding hydrogens is 474 g/mol. The van der Waals surface area contributed by atoms with Gasteiger partial charge in [-0.05, 0) is 50.3 Å². The van der Waals surface area contributed by atoms with Crippen LogP contribution in [0, 0.1) is 6.92 Å². The van der Waals surface area contributed by atoms with Gasteiger partial charge in [0.25, 0.3) is 0 Å². The molecule has 5 rings (SSSR count). The highest BCUT2D eigenvalue weighted by Gasteiger charge is 2.19. The zero-order chi connectivity index (χ0) is 24.9. The maximum absolute atomic E-state index is 11.5. The number of ether oxygens (including phenoxy) is 1. The molecule has 3 aromatic rings. The molecule has 1 saturated carbocycles. The highest BCUT2D eigenvalue weighted by atomic mass is 32.1. The first-order chi connectivity index (χ1) is 17.5. The smallest absolute Gasteiger partial charge is 0.317 e. The van der Waals surface area contributed by atoms with Crippen molar-refractivity contribution in [2.24, 2.45) is 0 Å². The maximum atomic E-state index is 11.5. The average molecular weight is 508 g/mol. The highest BCUT2D eigenvalue weighted by Crippen LogP contribution is 2.31. The largest absolute Gasteiger partial charge is 0.460 e. The molecule has 0 unspecified atom stereocenters. The normalized spacial score (nSPS) is 17.2.